The van der Waals surface area contributed by atoms with E-state index in [1.54, 1.807) is 29.7 Å². The Kier molecular flexibility index (Phi) is 10.4. The number of benzene rings is 1. The number of guanidine groups is 1. The first kappa shape index (κ1) is 33.5. The summed E-state index contributed by atoms with van der Waals surface area (Å²) in [6.07, 6.45) is 3.23. The van der Waals surface area contributed by atoms with Gasteiger partial charge in [-0.05, 0) is 93.4 Å². The van der Waals surface area contributed by atoms with Crippen LogP contribution in [0.2, 0.25) is 0 Å². The minimum atomic E-state index is -0.908. The van der Waals surface area contributed by atoms with Crippen LogP contribution < -0.4 is 26.5 Å². The number of nitrogens with one attached hydrogen (secondary N) is 3. The maximum Gasteiger partial charge on any atom is 0.481 e. The van der Waals surface area contributed by atoms with Crippen molar-refractivity contribution in [2.75, 3.05) is 13.2 Å². The first-order valence-corrected chi connectivity index (χ1v) is 15.6. The lowest BCUT2D eigenvalue weighted by atomic mass is 9.43. The summed E-state index contributed by atoms with van der Waals surface area (Å²) in [5.74, 6) is 0.333. The molecular weight excluding hydrogens is 567 g/mol. The lowest BCUT2D eigenvalue weighted by Gasteiger charge is -2.64. The molecule has 1 aromatic carbocycles. The van der Waals surface area contributed by atoms with Gasteiger partial charge in [-0.3, -0.25) is 9.59 Å². The number of nitrogens with zero attached hydrogens (tertiary/aromatic N) is 2. The summed E-state index contributed by atoms with van der Waals surface area (Å²) in [6, 6.07) is 5.77. The van der Waals surface area contributed by atoms with Crippen molar-refractivity contribution in [3.8, 4) is 5.75 Å². The molecule has 242 valence electrons. The predicted molar refractivity (Wildman–Crippen MR) is 166 cm³/mol. The normalized spacial score (nSPS) is 26.7. The van der Waals surface area contributed by atoms with Crippen molar-refractivity contribution in [3.05, 3.63) is 39.9 Å². The number of nitro groups is 1. The molecule has 2 bridgehead atoms. The summed E-state index contributed by atoms with van der Waals surface area (Å²) in [5, 5.41) is 15.8. The highest BCUT2D eigenvalue weighted by molar-refractivity contribution is 6.48. The predicted octanol–water partition coefficient (Wildman–Crippen LogP) is 2.86. The van der Waals surface area contributed by atoms with Crippen molar-refractivity contribution in [2.24, 2.45) is 33.9 Å². The molecule has 0 radical (unpaired) electrons. The van der Waals surface area contributed by atoms with Gasteiger partial charge in [-0.2, -0.15) is 0 Å². The molecule has 5 rings (SSSR count). The molecule has 1 heterocycles. The van der Waals surface area contributed by atoms with Crippen molar-refractivity contribution < 1.29 is 28.7 Å². The number of ether oxygens (including phenoxy) is 1. The number of carbonyl (C=O) groups is 2. The van der Waals surface area contributed by atoms with E-state index in [2.05, 4.69) is 50.2 Å². The molecule has 5 N–H and O–H groups in total. The second kappa shape index (κ2) is 13.7. The average Bonchev–Trinajstić information content (AvgIpc) is 3.31. The SMILES string of the molecule is CCOc1ccc(C(=O)N[C@@H](CCCN=C(N)N[N+](=O)[O-])C(=O)N[C@@H](CC(C)C)B2O[C@@H]3C[C@@H]4C[C@@H](C4(C)C)[C@]3(C)O2)cc1. The Hall–Kier alpha value is -3.39. The number of aliphatic imine (C=N–C) groups is 1. The summed E-state index contributed by atoms with van der Waals surface area (Å²) in [6.45, 7) is 13.4. The summed E-state index contributed by atoms with van der Waals surface area (Å²) >= 11 is 0. The molecule has 0 aromatic heterocycles. The van der Waals surface area contributed by atoms with E-state index in [0.29, 0.717) is 42.6 Å². The third-order valence-electron chi connectivity index (χ3n) is 9.54. The van der Waals surface area contributed by atoms with Crippen LogP contribution >= 0.6 is 0 Å². The van der Waals surface area contributed by atoms with Crippen LogP contribution in [0.25, 0.3) is 0 Å². The van der Waals surface area contributed by atoms with Crippen LogP contribution in [-0.4, -0.2) is 66.8 Å². The van der Waals surface area contributed by atoms with Gasteiger partial charge in [0.2, 0.25) is 5.91 Å². The van der Waals surface area contributed by atoms with E-state index in [4.69, 9.17) is 19.8 Å². The maximum atomic E-state index is 13.8. The fourth-order valence-electron chi connectivity index (χ4n) is 7.10. The quantitative estimate of drug-likeness (QED) is 0.0612. The molecule has 6 atom stereocenters. The first-order chi connectivity index (χ1) is 20.7. The first-order valence-electron chi connectivity index (χ1n) is 15.6. The zero-order valence-corrected chi connectivity index (χ0v) is 26.6. The number of carbonyl (C=O) groups excluding carboxylic acids is 2. The van der Waals surface area contributed by atoms with E-state index in [9.17, 15) is 19.7 Å². The Morgan fingerprint density at radius 1 is 1.20 bits per heavy atom. The Bertz CT molecular complexity index is 1230. The smallest absolute Gasteiger partial charge is 0.481 e. The van der Waals surface area contributed by atoms with Gasteiger partial charge in [0.1, 0.15) is 11.8 Å². The van der Waals surface area contributed by atoms with Gasteiger partial charge < -0.3 is 30.4 Å². The van der Waals surface area contributed by atoms with E-state index < -0.39 is 35.6 Å². The highest BCUT2D eigenvalue weighted by atomic mass is 16.7. The number of amides is 2. The summed E-state index contributed by atoms with van der Waals surface area (Å²) in [5.41, 5.74) is 7.47. The maximum absolute atomic E-state index is 13.8. The second-order valence-corrected chi connectivity index (χ2v) is 13.3. The molecule has 44 heavy (non-hydrogen) atoms. The second-order valence-electron chi connectivity index (χ2n) is 13.3. The zero-order valence-electron chi connectivity index (χ0n) is 26.6. The Labute approximate surface area is 259 Å². The molecule has 2 amide bonds. The number of hydrazine groups is 1. The van der Waals surface area contributed by atoms with Crippen LogP contribution in [0.4, 0.5) is 0 Å². The number of nitrogens with two attached hydrogens (primary N) is 1. The molecule has 0 unspecified atom stereocenters. The van der Waals surface area contributed by atoms with Crippen LogP contribution in [0.3, 0.4) is 0 Å². The molecule has 1 aromatic rings. The monoisotopic (exact) mass is 614 g/mol. The third-order valence-corrected chi connectivity index (χ3v) is 9.54. The number of rotatable bonds is 14. The molecule has 1 aliphatic heterocycles. The van der Waals surface area contributed by atoms with E-state index >= 15 is 0 Å². The van der Waals surface area contributed by atoms with E-state index in [1.165, 1.54) is 0 Å². The topological polar surface area (TPSA) is 179 Å². The van der Waals surface area contributed by atoms with Crippen LogP contribution in [0.15, 0.2) is 29.3 Å². The summed E-state index contributed by atoms with van der Waals surface area (Å²) in [4.78, 5) is 41.6. The molecule has 1 saturated heterocycles. The number of hydrogen-bond donors (Lipinski definition) is 4. The Morgan fingerprint density at radius 2 is 1.91 bits per heavy atom. The van der Waals surface area contributed by atoms with Gasteiger partial charge in [-0.15, -0.1) is 0 Å². The minimum absolute atomic E-state index is 0.0258. The van der Waals surface area contributed by atoms with E-state index in [-0.39, 0.29) is 42.3 Å². The zero-order chi connectivity index (χ0) is 32.2. The highest BCUT2D eigenvalue weighted by Crippen LogP contribution is 2.65. The lowest BCUT2D eigenvalue weighted by Crippen LogP contribution is -2.65. The van der Waals surface area contributed by atoms with Crippen molar-refractivity contribution >= 4 is 24.9 Å². The largest absolute Gasteiger partial charge is 0.494 e. The molecule has 13 nitrogen and oxygen atoms in total. The summed E-state index contributed by atoms with van der Waals surface area (Å²) < 4.78 is 18.7. The molecular formula is C30H47BN6O7. The van der Waals surface area contributed by atoms with Gasteiger partial charge in [0.05, 0.1) is 24.3 Å². The molecule has 4 fully saturated rings. The van der Waals surface area contributed by atoms with Crippen molar-refractivity contribution in [1.29, 1.82) is 0 Å². The van der Waals surface area contributed by atoms with Crippen molar-refractivity contribution in [2.45, 2.75) is 97.3 Å². The van der Waals surface area contributed by atoms with E-state index in [0.717, 1.165) is 12.8 Å². The Balaban J connectivity index is 1.47. The molecule has 0 spiro atoms. The van der Waals surface area contributed by atoms with Gasteiger partial charge >= 0.3 is 7.12 Å². The van der Waals surface area contributed by atoms with Crippen LogP contribution in [0.1, 0.15) is 84.0 Å². The lowest BCUT2D eigenvalue weighted by molar-refractivity contribution is -0.525. The standard InChI is InChI=1S/C30H47BN6O7/c1-7-42-21-12-10-19(11-13-21)26(38)34-22(9-8-14-33-28(32)36-37(40)41)27(39)35-25(15-18(2)3)31-43-24-17-20-16-23(29(20,4)5)30(24,6)44-31/h10-13,18,20,22-25H,7-9,14-17H2,1-6H3,(H,34,38)(H,35,39)(H3,32,33,36)/t20-,22-,23-,24+,25-,30-/m0/s1. The van der Waals surface area contributed by atoms with Gasteiger partial charge in [0.15, 0.2) is 5.03 Å². The average molecular weight is 615 g/mol. The summed E-state index contributed by atoms with van der Waals surface area (Å²) in [7, 11) is -0.605. The fourth-order valence-corrected chi connectivity index (χ4v) is 7.10. The number of hydrogen-bond acceptors (Lipinski definition) is 8. The van der Waals surface area contributed by atoms with Gasteiger partial charge in [-0.25, -0.2) is 15.1 Å². The van der Waals surface area contributed by atoms with Gasteiger partial charge in [-0.1, -0.05) is 33.1 Å². The van der Waals surface area contributed by atoms with Crippen molar-refractivity contribution in [1.82, 2.24) is 16.1 Å². The van der Waals surface area contributed by atoms with E-state index in [1.807, 2.05) is 6.92 Å². The van der Waals surface area contributed by atoms with Crippen LogP contribution in [0.5, 0.6) is 5.75 Å². The van der Waals surface area contributed by atoms with Crippen LogP contribution in [0, 0.1) is 33.3 Å². The van der Waals surface area contributed by atoms with Crippen LogP contribution in [-0.2, 0) is 14.1 Å². The van der Waals surface area contributed by atoms with Gasteiger partial charge in [0, 0.05) is 12.1 Å². The van der Waals surface area contributed by atoms with Gasteiger partial charge in [0.25, 0.3) is 11.9 Å². The fraction of sp³-hybridized carbons (Fsp3) is 0.700. The van der Waals surface area contributed by atoms with Crippen molar-refractivity contribution in [3.63, 3.8) is 0 Å². The Morgan fingerprint density at radius 3 is 2.52 bits per heavy atom. The molecule has 3 saturated carbocycles. The third kappa shape index (κ3) is 7.45. The molecule has 4 aliphatic rings. The minimum Gasteiger partial charge on any atom is -0.494 e. The molecule has 14 heteroatoms. The highest BCUT2D eigenvalue weighted by Gasteiger charge is 2.68. The molecule has 3 aliphatic carbocycles.